The number of para-hydroxylation sites is 1. The van der Waals surface area contributed by atoms with E-state index in [1.807, 2.05) is 61.5 Å². The van der Waals surface area contributed by atoms with Crippen LogP contribution >= 0.6 is 0 Å². The number of hydrogen-bond acceptors (Lipinski definition) is 2. The number of aliphatic hydroxyl groups is 1. The van der Waals surface area contributed by atoms with E-state index in [9.17, 15) is 5.11 Å². The summed E-state index contributed by atoms with van der Waals surface area (Å²) in [6.45, 7) is 8.41. The monoisotopic (exact) mass is 296 g/mol. The van der Waals surface area contributed by atoms with Gasteiger partial charge in [0.2, 0.25) is 0 Å². The Hall–Kier alpha value is -2.22. The first kappa shape index (κ1) is 16.2. The van der Waals surface area contributed by atoms with Crippen LogP contribution in [0.1, 0.15) is 45.2 Å². The number of allylic oxidation sites excluding steroid dienone is 1. The zero-order valence-corrected chi connectivity index (χ0v) is 13.8. The molecule has 22 heavy (non-hydrogen) atoms. The van der Waals surface area contributed by atoms with E-state index >= 15 is 0 Å². The molecule has 0 aromatic heterocycles. The van der Waals surface area contributed by atoms with Gasteiger partial charge in [-0.05, 0) is 23.5 Å². The summed E-state index contributed by atoms with van der Waals surface area (Å²) >= 11 is 0. The first-order valence-electron chi connectivity index (χ1n) is 7.68. The van der Waals surface area contributed by atoms with Crippen LogP contribution in [0.2, 0.25) is 0 Å². The lowest BCUT2D eigenvalue weighted by molar-refractivity contribution is 0.207. The van der Waals surface area contributed by atoms with E-state index in [2.05, 4.69) is 20.8 Å². The molecule has 0 radical (unpaired) electrons. The molecule has 0 aliphatic heterocycles. The van der Waals surface area contributed by atoms with E-state index in [4.69, 9.17) is 4.74 Å². The van der Waals surface area contributed by atoms with Gasteiger partial charge in [-0.15, -0.1) is 0 Å². The molecule has 0 unspecified atom stereocenters. The fraction of sp³-hybridized carbons (Fsp3) is 0.300. The predicted octanol–water partition coefficient (Wildman–Crippen LogP) is 5.70. The number of benzene rings is 2. The molecule has 0 heterocycles. The van der Waals surface area contributed by atoms with Crippen LogP contribution in [0.5, 0.6) is 5.75 Å². The van der Waals surface area contributed by atoms with Crippen molar-refractivity contribution in [2.24, 2.45) is 0 Å². The van der Waals surface area contributed by atoms with Crippen LogP contribution in [0.3, 0.4) is 0 Å². The summed E-state index contributed by atoms with van der Waals surface area (Å²) in [4.78, 5) is 0. The second-order valence-corrected chi connectivity index (χ2v) is 6.35. The minimum atomic E-state index is -0.0456. The third-order valence-corrected chi connectivity index (χ3v) is 3.64. The van der Waals surface area contributed by atoms with Crippen LogP contribution in [0.25, 0.3) is 5.57 Å². The number of hydrogen-bond donors (Lipinski definition) is 1. The van der Waals surface area contributed by atoms with Crippen molar-refractivity contribution in [2.45, 2.75) is 39.5 Å². The maximum absolute atomic E-state index is 10.5. The molecule has 0 aliphatic rings. The lowest BCUT2D eigenvalue weighted by Crippen LogP contribution is -2.13. The summed E-state index contributed by atoms with van der Waals surface area (Å²) in [5, 5.41) is 10.5. The van der Waals surface area contributed by atoms with Gasteiger partial charge >= 0.3 is 0 Å². The Balaban J connectivity index is 2.39. The van der Waals surface area contributed by atoms with E-state index in [0.29, 0.717) is 12.2 Å². The van der Waals surface area contributed by atoms with Crippen LogP contribution in [-0.2, 0) is 5.41 Å². The van der Waals surface area contributed by atoms with E-state index in [0.717, 1.165) is 16.7 Å². The topological polar surface area (TPSA) is 29.5 Å². The first-order valence-corrected chi connectivity index (χ1v) is 7.68. The zero-order chi connectivity index (χ0) is 16.2. The highest BCUT2D eigenvalue weighted by Crippen LogP contribution is 2.33. The molecule has 2 heteroatoms. The van der Waals surface area contributed by atoms with Crippen molar-refractivity contribution in [1.29, 1.82) is 0 Å². The summed E-state index contributed by atoms with van der Waals surface area (Å²) in [6.07, 6.45) is 0.702. The van der Waals surface area contributed by atoms with Gasteiger partial charge < -0.3 is 9.84 Å². The molecular weight excluding hydrogens is 272 g/mol. The van der Waals surface area contributed by atoms with Crippen molar-refractivity contribution < 1.29 is 9.84 Å². The lowest BCUT2D eigenvalue weighted by atomic mass is 9.86. The van der Waals surface area contributed by atoms with Crippen molar-refractivity contribution in [2.75, 3.05) is 0 Å². The Kier molecular flexibility index (Phi) is 4.92. The second kappa shape index (κ2) is 6.69. The molecule has 116 valence electrons. The molecule has 0 amide bonds. The van der Waals surface area contributed by atoms with E-state index < -0.39 is 0 Å². The molecule has 2 rings (SSSR count). The highest BCUT2D eigenvalue weighted by atomic mass is 16.6. The van der Waals surface area contributed by atoms with Gasteiger partial charge in [-0.2, -0.15) is 0 Å². The van der Waals surface area contributed by atoms with Gasteiger partial charge in [-0.3, -0.25) is 0 Å². The Bertz CT molecular complexity index is 649. The molecule has 2 nitrogen and oxygen atoms in total. The van der Waals surface area contributed by atoms with E-state index in [1.54, 1.807) is 0 Å². The number of rotatable bonds is 4. The largest absolute Gasteiger partial charge is 0.480 e. The van der Waals surface area contributed by atoms with Gasteiger partial charge in [0, 0.05) is 11.1 Å². The molecule has 0 fully saturated rings. The normalized spacial score (nSPS) is 12.7. The van der Waals surface area contributed by atoms with Gasteiger partial charge in [-0.25, -0.2) is 0 Å². The van der Waals surface area contributed by atoms with Crippen LogP contribution in [0.4, 0.5) is 0 Å². The molecule has 0 aliphatic carbocycles. The van der Waals surface area contributed by atoms with Crippen molar-refractivity contribution in [3.8, 4) is 5.75 Å². The molecule has 0 saturated carbocycles. The van der Waals surface area contributed by atoms with Crippen molar-refractivity contribution in [3.05, 3.63) is 71.7 Å². The SMILES string of the molecule is CC/C(=C(/O)Oc1ccccc1C(C)(C)C)c1ccccc1. The summed E-state index contributed by atoms with van der Waals surface area (Å²) in [6, 6.07) is 17.7. The Morgan fingerprint density at radius 1 is 0.955 bits per heavy atom. The molecule has 0 atom stereocenters. The Morgan fingerprint density at radius 2 is 1.55 bits per heavy atom. The molecule has 0 spiro atoms. The third-order valence-electron chi connectivity index (χ3n) is 3.64. The van der Waals surface area contributed by atoms with Gasteiger partial charge in [0.05, 0.1) is 0 Å². The standard InChI is InChI=1S/C20H24O2/c1-5-16(15-11-7-6-8-12-15)19(21)22-18-14-10-9-13-17(18)20(2,3)4/h6-14,21H,5H2,1-4H3/b19-16+. The summed E-state index contributed by atoms with van der Waals surface area (Å²) in [7, 11) is 0. The van der Waals surface area contributed by atoms with Crippen molar-refractivity contribution in [1.82, 2.24) is 0 Å². The summed E-state index contributed by atoms with van der Waals surface area (Å²) in [5.74, 6) is 0.680. The smallest absolute Gasteiger partial charge is 0.286 e. The van der Waals surface area contributed by atoms with E-state index in [1.165, 1.54) is 0 Å². The maximum Gasteiger partial charge on any atom is 0.286 e. The molecule has 2 aromatic rings. The number of ether oxygens (including phenoxy) is 1. The van der Waals surface area contributed by atoms with E-state index in [-0.39, 0.29) is 11.4 Å². The summed E-state index contributed by atoms with van der Waals surface area (Å²) < 4.78 is 5.81. The zero-order valence-electron chi connectivity index (χ0n) is 13.8. The van der Waals surface area contributed by atoms with Gasteiger partial charge in [0.25, 0.3) is 5.95 Å². The third kappa shape index (κ3) is 3.70. The lowest BCUT2D eigenvalue weighted by Gasteiger charge is -2.22. The molecule has 0 saturated heterocycles. The quantitative estimate of drug-likeness (QED) is 0.733. The van der Waals surface area contributed by atoms with Gasteiger partial charge in [-0.1, -0.05) is 76.2 Å². The fourth-order valence-electron chi connectivity index (χ4n) is 2.46. The molecule has 1 N–H and O–H groups in total. The number of aliphatic hydroxyl groups excluding tert-OH is 1. The Labute approximate surface area is 133 Å². The van der Waals surface area contributed by atoms with Crippen molar-refractivity contribution in [3.63, 3.8) is 0 Å². The minimum Gasteiger partial charge on any atom is -0.480 e. The molecule has 0 bridgehead atoms. The predicted molar refractivity (Wildman–Crippen MR) is 92.1 cm³/mol. The van der Waals surface area contributed by atoms with Gasteiger partial charge in [0.15, 0.2) is 0 Å². The average molecular weight is 296 g/mol. The maximum atomic E-state index is 10.5. The second-order valence-electron chi connectivity index (χ2n) is 6.35. The van der Waals surface area contributed by atoms with Crippen LogP contribution in [-0.4, -0.2) is 5.11 Å². The minimum absolute atomic E-state index is 0.0228. The van der Waals surface area contributed by atoms with Gasteiger partial charge in [0.1, 0.15) is 5.75 Å². The molecular formula is C20H24O2. The van der Waals surface area contributed by atoms with Crippen molar-refractivity contribution >= 4 is 5.57 Å². The summed E-state index contributed by atoms with van der Waals surface area (Å²) in [5.41, 5.74) is 2.82. The highest BCUT2D eigenvalue weighted by Gasteiger charge is 2.20. The first-order chi connectivity index (χ1) is 10.4. The van der Waals surface area contributed by atoms with Crippen LogP contribution in [0.15, 0.2) is 60.5 Å². The van der Waals surface area contributed by atoms with Crippen LogP contribution < -0.4 is 4.74 Å². The Morgan fingerprint density at radius 3 is 2.14 bits per heavy atom. The average Bonchev–Trinajstić information content (AvgIpc) is 2.48. The fourth-order valence-corrected chi connectivity index (χ4v) is 2.46. The van der Waals surface area contributed by atoms with Crippen LogP contribution in [0, 0.1) is 0 Å². The highest BCUT2D eigenvalue weighted by molar-refractivity contribution is 5.66. The molecule has 2 aromatic carbocycles.